The molecule has 0 bridgehead atoms. The average molecular weight is 291 g/mol. The Labute approximate surface area is 124 Å². The van der Waals surface area contributed by atoms with Crippen LogP contribution in [0, 0.1) is 5.92 Å². The van der Waals surface area contributed by atoms with Crippen molar-refractivity contribution < 1.29 is 14.3 Å². The summed E-state index contributed by atoms with van der Waals surface area (Å²) in [6.45, 7) is 4.32. The highest BCUT2D eigenvalue weighted by molar-refractivity contribution is 5.87. The smallest absolute Gasteiger partial charge is 0.240 e. The summed E-state index contributed by atoms with van der Waals surface area (Å²) in [4.78, 5) is 29.3. The molecule has 0 radical (unpaired) electrons. The molecule has 6 heteroatoms. The number of rotatable bonds is 5. The Bertz CT molecular complexity index is 504. The second-order valence-electron chi connectivity index (χ2n) is 5.73. The van der Waals surface area contributed by atoms with Gasteiger partial charge in [0.1, 0.15) is 17.9 Å². The highest BCUT2D eigenvalue weighted by Crippen LogP contribution is 2.24. The molecule has 0 aromatic carbocycles. The molecular formula is C15H21N3O3. The van der Waals surface area contributed by atoms with E-state index in [1.807, 2.05) is 13.8 Å². The van der Waals surface area contributed by atoms with E-state index in [4.69, 9.17) is 10.5 Å². The number of carbonyl (C=O) groups is 2. The quantitative estimate of drug-likeness (QED) is 0.875. The highest BCUT2D eigenvalue weighted by atomic mass is 16.5. The number of hydrogen-bond donors (Lipinski definition) is 1. The third kappa shape index (κ3) is 3.93. The molecule has 2 amide bonds. The zero-order chi connectivity index (χ0) is 15.4. The number of nitrogens with two attached hydrogens (primary N) is 1. The van der Waals surface area contributed by atoms with E-state index in [1.165, 1.54) is 0 Å². The van der Waals surface area contributed by atoms with E-state index < -0.39 is 11.9 Å². The van der Waals surface area contributed by atoms with Gasteiger partial charge in [-0.2, -0.15) is 0 Å². The zero-order valence-corrected chi connectivity index (χ0v) is 12.4. The Balaban J connectivity index is 2.04. The van der Waals surface area contributed by atoms with Crippen LogP contribution < -0.4 is 10.5 Å². The van der Waals surface area contributed by atoms with Gasteiger partial charge in [-0.3, -0.25) is 14.6 Å². The van der Waals surface area contributed by atoms with E-state index in [2.05, 4.69) is 4.98 Å². The Morgan fingerprint density at radius 1 is 1.52 bits per heavy atom. The molecule has 1 aromatic heterocycles. The van der Waals surface area contributed by atoms with Crippen molar-refractivity contribution in [2.45, 2.75) is 38.8 Å². The monoisotopic (exact) mass is 291 g/mol. The SMILES string of the molecule is CC(C)CC(=O)N1C[C@@H](Oc2cccnc2)C[C@H]1C(N)=O. The lowest BCUT2D eigenvalue weighted by Gasteiger charge is -2.22. The fraction of sp³-hybridized carbons (Fsp3) is 0.533. The number of pyridine rings is 1. The number of carbonyl (C=O) groups excluding carboxylic acids is 2. The van der Waals surface area contributed by atoms with Crippen molar-refractivity contribution in [2.75, 3.05) is 6.54 Å². The minimum absolute atomic E-state index is 0.0499. The summed E-state index contributed by atoms with van der Waals surface area (Å²) in [5.74, 6) is 0.337. The summed E-state index contributed by atoms with van der Waals surface area (Å²) >= 11 is 0. The lowest BCUT2D eigenvalue weighted by Crippen LogP contribution is -2.44. The zero-order valence-electron chi connectivity index (χ0n) is 12.4. The highest BCUT2D eigenvalue weighted by Gasteiger charge is 2.39. The predicted octanol–water partition coefficient (Wildman–Crippen LogP) is 0.961. The lowest BCUT2D eigenvalue weighted by atomic mass is 10.1. The van der Waals surface area contributed by atoms with E-state index in [0.29, 0.717) is 25.1 Å². The first-order chi connectivity index (χ1) is 9.97. The molecule has 2 N–H and O–H groups in total. The number of aromatic nitrogens is 1. The molecule has 0 aliphatic carbocycles. The van der Waals surface area contributed by atoms with Gasteiger partial charge in [0, 0.05) is 19.0 Å². The number of ether oxygens (including phenoxy) is 1. The summed E-state index contributed by atoms with van der Waals surface area (Å²) in [5.41, 5.74) is 5.41. The van der Waals surface area contributed by atoms with Crippen LogP contribution in [0.4, 0.5) is 0 Å². The Morgan fingerprint density at radius 3 is 2.86 bits per heavy atom. The molecule has 21 heavy (non-hydrogen) atoms. The van der Waals surface area contributed by atoms with Crippen molar-refractivity contribution in [3.63, 3.8) is 0 Å². The summed E-state index contributed by atoms with van der Waals surface area (Å²) in [5, 5.41) is 0. The van der Waals surface area contributed by atoms with Crippen LogP contribution in [-0.2, 0) is 9.59 Å². The third-order valence-corrected chi connectivity index (χ3v) is 3.43. The number of likely N-dealkylation sites (tertiary alicyclic amines) is 1. The standard InChI is InChI=1S/C15H21N3O3/c1-10(2)6-14(19)18-9-12(7-13(18)15(16)20)21-11-4-3-5-17-8-11/h3-5,8,10,12-13H,6-7,9H2,1-2H3,(H2,16,20)/t12-,13-/m0/s1. The van der Waals surface area contributed by atoms with Crippen LogP contribution in [0.5, 0.6) is 5.75 Å². The van der Waals surface area contributed by atoms with Gasteiger partial charge in [-0.15, -0.1) is 0 Å². The fourth-order valence-electron chi connectivity index (χ4n) is 2.50. The van der Waals surface area contributed by atoms with Gasteiger partial charge in [0.15, 0.2) is 0 Å². The molecule has 2 heterocycles. The minimum atomic E-state index is -0.585. The minimum Gasteiger partial charge on any atom is -0.487 e. The van der Waals surface area contributed by atoms with Gasteiger partial charge < -0.3 is 15.4 Å². The van der Waals surface area contributed by atoms with E-state index in [-0.39, 0.29) is 17.9 Å². The summed E-state index contributed by atoms with van der Waals surface area (Å²) in [6.07, 6.45) is 3.87. The largest absolute Gasteiger partial charge is 0.487 e. The maximum atomic E-state index is 12.2. The molecule has 0 saturated carbocycles. The number of amides is 2. The Kier molecular flexibility index (Phi) is 4.77. The molecular weight excluding hydrogens is 270 g/mol. The van der Waals surface area contributed by atoms with Crippen LogP contribution in [-0.4, -0.2) is 40.4 Å². The maximum Gasteiger partial charge on any atom is 0.240 e. The van der Waals surface area contributed by atoms with Crippen molar-refractivity contribution in [3.05, 3.63) is 24.5 Å². The molecule has 6 nitrogen and oxygen atoms in total. The molecule has 1 aliphatic rings. The van der Waals surface area contributed by atoms with E-state index >= 15 is 0 Å². The van der Waals surface area contributed by atoms with Gasteiger partial charge >= 0.3 is 0 Å². The fourth-order valence-corrected chi connectivity index (χ4v) is 2.50. The molecule has 2 rings (SSSR count). The second-order valence-corrected chi connectivity index (χ2v) is 5.73. The Hall–Kier alpha value is -2.11. The molecule has 114 valence electrons. The van der Waals surface area contributed by atoms with Crippen LogP contribution in [0.3, 0.4) is 0 Å². The normalized spacial score (nSPS) is 21.6. The molecule has 2 atom stereocenters. The number of hydrogen-bond acceptors (Lipinski definition) is 4. The van der Waals surface area contributed by atoms with E-state index in [1.54, 1.807) is 29.4 Å². The van der Waals surface area contributed by atoms with Crippen LogP contribution in [0.25, 0.3) is 0 Å². The first-order valence-electron chi connectivity index (χ1n) is 7.13. The van der Waals surface area contributed by atoms with Gasteiger partial charge in [-0.1, -0.05) is 13.8 Å². The molecule has 1 fully saturated rings. The first kappa shape index (κ1) is 15.3. The van der Waals surface area contributed by atoms with Crippen LogP contribution in [0.1, 0.15) is 26.7 Å². The van der Waals surface area contributed by atoms with Crippen LogP contribution in [0.15, 0.2) is 24.5 Å². The van der Waals surface area contributed by atoms with Crippen molar-refractivity contribution in [3.8, 4) is 5.75 Å². The van der Waals surface area contributed by atoms with E-state index in [9.17, 15) is 9.59 Å². The summed E-state index contributed by atoms with van der Waals surface area (Å²) in [7, 11) is 0. The van der Waals surface area contributed by atoms with Crippen molar-refractivity contribution in [2.24, 2.45) is 11.7 Å². The average Bonchev–Trinajstić information content (AvgIpc) is 2.83. The lowest BCUT2D eigenvalue weighted by molar-refractivity contribution is -0.137. The van der Waals surface area contributed by atoms with Gasteiger partial charge in [-0.05, 0) is 18.1 Å². The van der Waals surface area contributed by atoms with Crippen LogP contribution in [0.2, 0.25) is 0 Å². The first-order valence-corrected chi connectivity index (χ1v) is 7.13. The molecule has 1 aliphatic heterocycles. The molecule has 0 spiro atoms. The Morgan fingerprint density at radius 2 is 2.29 bits per heavy atom. The van der Waals surface area contributed by atoms with Crippen molar-refractivity contribution in [1.29, 1.82) is 0 Å². The summed E-state index contributed by atoms with van der Waals surface area (Å²) in [6, 6.07) is 2.99. The second kappa shape index (κ2) is 6.56. The van der Waals surface area contributed by atoms with Gasteiger partial charge in [0.25, 0.3) is 0 Å². The van der Waals surface area contributed by atoms with Crippen molar-refractivity contribution in [1.82, 2.24) is 9.88 Å². The van der Waals surface area contributed by atoms with E-state index in [0.717, 1.165) is 0 Å². The molecule has 0 unspecified atom stereocenters. The van der Waals surface area contributed by atoms with Gasteiger partial charge in [-0.25, -0.2) is 0 Å². The van der Waals surface area contributed by atoms with Gasteiger partial charge in [0.05, 0.1) is 12.7 Å². The number of nitrogens with zero attached hydrogens (tertiary/aromatic N) is 2. The summed E-state index contributed by atoms with van der Waals surface area (Å²) < 4.78 is 5.78. The predicted molar refractivity (Wildman–Crippen MR) is 77.4 cm³/mol. The van der Waals surface area contributed by atoms with Gasteiger partial charge in [0.2, 0.25) is 11.8 Å². The van der Waals surface area contributed by atoms with Crippen molar-refractivity contribution >= 4 is 11.8 Å². The third-order valence-electron chi connectivity index (χ3n) is 3.43. The number of primary amides is 1. The maximum absolute atomic E-state index is 12.2. The molecule has 1 saturated heterocycles. The molecule has 1 aromatic rings. The topological polar surface area (TPSA) is 85.5 Å². The van der Waals surface area contributed by atoms with Crippen LogP contribution >= 0.6 is 0 Å².